The molecule has 0 radical (unpaired) electrons. The zero-order valence-electron chi connectivity index (χ0n) is 20.1. The number of carbonyl (C=O) groups excluding carboxylic acids is 2. The Morgan fingerprint density at radius 3 is 2.41 bits per heavy atom. The van der Waals surface area contributed by atoms with Gasteiger partial charge in [-0.1, -0.05) is 11.6 Å². The molecule has 0 aliphatic carbocycles. The van der Waals surface area contributed by atoms with Gasteiger partial charge >= 0.3 is 18.0 Å². The summed E-state index contributed by atoms with van der Waals surface area (Å²) in [4.78, 5) is 51.4. The van der Waals surface area contributed by atoms with E-state index >= 15 is 0 Å². The number of alkyl halides is 3. The Bertz CT molecular complexity index is 1350. The maximum atomic E-state index is 14.7. The third-order valence-corrected chi connectivity index (χ3v) is 6.58. The van der Waals surface area contributed by atoms with Crippen molar-refractivity contribution in [3.8, 4) is 5.69 Å². The molecule has 3 rings (SSSR count). The van der Waals surface area contributed by atoms with Crippen molar-refractivity contribution in [3.63, 3.8) is 0 Å². The number of ether oxygens (including phenoxy) is 1. The zero-order valence-corrected chi connectivity index (χ0v) is 21.7. The average molecular weight is 567 g/mol. The molecule has 37 heavy (non-hydrogen) atoms. The molecule has 2 amide bonds. The molecular weight excluding hydrogens is 544 g/mol. The van der Waals surface area contributed by atoms with Gasteiger partial charge in [0.2, 0.25) is 0 Å². The quantitative estimate of drug-likeness (QED) is 0.447. The van der Waals surface area contributed by atoms with E-state index in [0.717, 1.165) is 25.1 Å². The van der Waals surface area contributed by atoms with Crippen LogP contribution in [0.2, 0.25) is 5.02 Å². The molecular formula is C22H23ClF4N4O5S. The Kier molecular flexibility index (Phi) is 8.03. The lowest BCUT2D eigenvalue weighted by Gasteiger charge is -2.24. The fraction of sp³-hybridized carbons (Fsp3) is 0.455. The Morgan fingerprint density at radius 2 is 1.81 bits per heavy atom. The number of carbonyl (C=O) groups is 2. The van der Waals surface area contributed by atoms with Gasteiger partial charge in [0, 0.05) is 31.5 Å². The van der Waals surface area contributed by atoms with E-state index in [2.05, 4.69) is 4.72 Å². The Morgan fingerprint density at radius 1 is 1.16 bits per heavy atom. The van der Waals surface area contributed by atoms with Crippen molar-refractivity contribution < 1.29 is 31.9 Å². The van der Waals surface area contributed by atoms with Gasteiger partial charge in [-0.3, -0.25) is 18.9 Å². The van der Waals surface area contributed by atoms with Crippen LogP contribution in [0, 0.1) is 5.82 Å². The first kappa shape index (κ1) is 28.6. The summed E-state index contributed by atoms with van der Waals surface area (Å²) in [5.74, 6) is -2.00. The zero-order chi connectivity index (χ0) is 27.9. The lowest BCUT2D eigenvalue weighted by atomic mass is 10.1. The summed E-state index contributed by atoms with van der Waals surface area (Å²) in [5, 5.41) is -0.544. The predicted octanol–water partition coefficient (Wildman–Crippen LogP) is 3.73. The van der Waals surface area contributed by atoms with E-state index in [1.54, 1.807) is 20.8 Å². The first-order chi connectivity index (χ1) is 17.0. The first-order valence-corrected chi connectivity index (χ1v) is 12.1. The normalized spacial score (nSPS) is 16.1. The molecule has 1 atom stereocenters. The van der Waals surface area contributed by atoms with Crippen LogP contribution in [0.4, 0.5) is 22.4 Å². The van der Waals surface area contributed by atoms with E-state index < -0.39 is 52.2 Å². The minimum absolute atomic E-state index is 0.154. The van der Waals surface area contributed by atoms with Crippen molar-refractivity contribution in [2.45, 2.75) is 44.2 Å². The van der Waals surface area contributed by atoms with Gasteiger partial charge in [-0.25, -0.2) is 18.5 Å². The van der Waals surface area contributed by atoms with Crippen LogP contribution in [0.5, 0.6) is 0 Å². The fourth-order valence-electron chi connectivity index (χ4n) is 3.51. The number of halogens is 5. The van der Waals surface area contributed by atoms with Gasteiger partial charge in [0.15, 0.2) is 0 Å². The van der Waals surface area contributed by atoms with Crippen LogP contribution in [0.3, 0.4) is 0 Å². The molecule has 1 aromatic carbocycles. The predicted molar refractivity (Wildman–Crippen MR) is 129 cm³/mol. The van der Waals surface area contributed by atoms with Crippen LogP contribution < -0.4 is 16.0 Å². The largest absolute Gasteiger partial charge is 0.444 e. The molecule has 1 N–H and O–H groups in total. The topological polar surface area (TPSA) is 103 Å². The lowest BCUT2D eigenvalue weighted by molar-refractivity contribution is -0.144. The molecule has 1 aliphatic rings. The standard InChI is InChI=1S/C22H23ClF4N4O5S/c1-21(2,3)36-20(35)30-6-5-11(10-30)37-28-18(33)12-7-15(14(24)8-13(12)23)31-17(32)9-16(22(25,26)27)29(4)19(31)34/h7-9,11H,5-6,10H2,1-4H3,(H,28,33). The van der Waals surface area contributed by atoms with Gasteiger partial charge in [-0.05, 0) is 51.3 Å². The number of nitrogens with zero attached hydrogens (tertiary/aromatic N) is 3. The SMILES string of the molecule is Cn1c(C(F)(F)F)cc(=O)n(-c2cc(C(=O)NSC3CCN(C(=O)OC(C)(C)C)C3)c(Cl)cc2F)c1=O. The number of likely N-dealkylation sites (tertiary alicyclic amines) is 1. The van der Waals surface area contributed by atoms with Gasteiger partial charge in [-0.2, -0.15) is 13.2 Å². The van der Waals surface area contributed by atoms with Crippen LogP contribution in [0.25, 0.3) is 5.69 Å². The molecule has 9 nitrogen and oxygen atoms in total. The van der Waals surface area contributed by atoms with E-state index in [1.165, 1.54) is 4.90 Å². The molecule has 0 saturated carbocycles. The summed E-state index contributed by atoms with van der Waals surface area (Å²) in [7, 11) is 0.779. The molecule has 1 unspecified atom stereocenters. The molecule has 0 bridgehead atoms. The third kappa shape index (κ3) is 6.47. The lowest BCUT2D eigenvalue weighted by Crippen LogP contribution is -2.41. The highest BCUT2D eigenvalue weighted by Gasteiger charge is 2.35. The van der Waals surface area contributed by atoms with Crippen LogP contribution >= 0.6 is 23.5 Å². The van der Waals surface area contributed by atoms with Gasteiger partial charge in [0.1, 0.15) is 17.1 Å². The highest BCUT2D eigenvalue weighted by atomic mass is 35.5. The summed E-state index contributed by atoms with van der Waals surface area (Å²) in [6.45, 7) is 5.91. The number of benzene rings is 1. The number of hydrogen-bond donors (Lipinski definition) is 1. The Labute approximate surface area is 217 Å². The van der Waals surface area contributed by atoms with Gasteiger partial charge in [-0.15, -0.1) is 0 Å². The number of rotatable bonds is 4. The molecule has 1 fully saturated rings. The van der Waals surface area contributed by atoms with E-state index in [4.69, 9.17) is 16.3 Å². The Hall–Kier alpha value is -3.00. The van der Waals surface area contributed by atoms with Gasteiger partial charge in [0.25, 0.3) is 11.5 Å². The third-order valence-electron chi connectivity index (χ3n) is 5.25. The van der Waals surface area contributed by atoms with Crippen LogP contribution in [0.15, 0.2) is 27.8 Å². The summed E-state index contributed by atoms with van der Waals surface area (Å²) in [5.41, 5.74) is -6.14. The number of hydrogen-bond acceptors (Lipinski definition) is 6. The Balaban J connectivity index is 1.82. The van der Waals surface area contributed by atoms with Crippen molar-refractivity contribution in [3.05, 3.63) is 61.1 Å². The summed E-state index contributed by atoms with van der Waals surface area (Å²) < 4.78 is 62.2. The monoisotopic (exact) mass is 566 g/mol. The highest BCUT2D eigenvalue weighted by molar-refractivity contribution is 7.98. The molecule has 2 heterocycles. The number of amides is 2. The first-order valence-electron chi connectivity index (χ1n) is 10.8. The van der Waals surface area contributed by atoms with Gasteiger partial charge in [0.05, 0.1) is 16.3 Å². The van der Waals surface area contributed by atoms with Crippen molar-refractivity contribution in [2.24, 2.45) is 7.05 Å². The van der Waals surface area contributed by atoms with Crippen LogP contribution in [-0.4, -0.2) is 50.0 Å². The minimum Gasteiger partial charge on any atom is -0.444 e. The van der Waals surface area contributed by atoms with E-state index in [-0.39, 0.29) is 31.0 Å². The molecule has 2 aromatic rings. The molecule has 1 saturated heterocycles. The fourth-order valence-corrected chi connectivity index (χ4v) is 4.61. The number of aromatic nitrogens is 2. The van der Waals surface area contributed by atoms with E-state index in [0.29, 0.717) is 25.6 Å². The van der Waals surface area contributed by atoms with E-state index in [1.807, 2.05) is 0 Å². The van der Waals surface area contributed by atoms with Crippen molar-refractivity contribution in [1.29, 1.82) is 0 Å². The van der Waals surface area contributed by atoms with Gasteiger partial charge < -0.3 is 9.64 Å². The minimum atomic E-state index is -4.99. The summed E-state index contributed by atoms with van der Waals surface area (Å²) in [6.07, 6.45) is -4.94. The second-order valence-corrected chi connectivity index (χ2v) is 10.7. The van der Waals surface area contributed by atoms with Crippen molar-refractivity contribution in [2.75, 3.05) is 13.1 Å². The highest BCUT2D eigenvalue weighted by Crippen LogP contribution is 2.28. The molecule has 15 heteroatoms. The summed E-state index contributed by atoms with van der Waals surface area (Å²) in [6, 6.07) is 1.65. The van der Waals surface area contributed by atoms with E-state index in [9.17, 15) is 36.7 Å². The molecule has 1 aliphatic heterocycles. The van der Waals surface area contributed by atoms with Crippen molar-refractivity contribution >= 4 is 35.5 Å². The maximum absolute atomic E-state index is 14.7. The molecule has 202 valence electrons. The smallest absolute Gasteiger partial charge is 0.431 e. The molecule has 0 spiro atoms. The average Bonchev–Trinajstić information content (AvgIpc) is 3.23. The second-order valence-electron chi connectivity index (χ2n) is 9.21. The van der Waals surface area contributed by atoms with Crippen LogP contribution in [-0.2, 0) is 18.0 Å². The van der Waals surface area contributed by atoms with Crippen LogP contribution in [0.1, 0.15) is 43.2 Å². The van der Waals surface area contributed by atoms with Crippen molar-refractivity contribution in [1.82, 2.24) is 18.8 Å². The summed E-state index contributed by atoms with van der Waals surface area (Å²) >= 11 is 7.00. The maximum Gasteiger partial charge on any atom is 0.431 e. The second kappa shape index (κ2) is 10.4. The molecule has 1 aromatic heterocycles. The number of nitrogens with one attached hydrogen (secondary N) is 1.